The molecule has 1 aliphatic carbocycles. The van der Waals surface area contributed by atoms with Gasteiger partial charge in [-0.1, -0.05) is 33.1 Å². The van der Waals surface area contributed by atoms with Gasteiger partial charge in [-0.25, -0.2) is 9.59 Å². The molecule has 1 rings (SSSR count). The Morgan fingerprint density at radius 1 is 1.33 bits per heavy atom. The number of carbonyl (C=O) groups excluding carboxylic acids is 1. The molecule has 3 atom stereocenters. The second-order valence-electron chi connectivity index (χ2n) is 5.05. The van der Waals surface area contributed by atoms with E-state index in [1.165, 1.54) is 6.42 Å². The fourth-order valence-electron chi connectivity index (χ4n) is 2.52. The minimum Gasteiger partial charge on any atom is -0.480 e. The Labute approximate surface area is 108 Å². The molecule has 3 N–H and O–H groups in total. The molecule has 0 heterocycles. The van der Waals surface area contributed by atoms with Crippen molar-refractivity contribution in [2.45, 2.75) is 64.5 Å². The smallest absolute Gasteiger partial charge is 0.326 e. The van der Waals surface area contributed by atoms with Crippen molar-refractivity contribution in [2.24, 2.45) is 5.92 Å². The van der Waals surface area contributed by atoms with E-state index in [1.54, 1.807) is 6.92 Å². The van der Waals surface area contributed by atoms with Crippen molar-refractivity contribution in [3.63, 3.8) is 0 Å². The van der Waals surface area contributed by atoms with Crippen LogP contribution in [0.1, 0.15) is 52.4 Å². The van der Waals surface area contributed by atoms with Crippen LogP contribution in [0.2, 0.25) is 0 Å². The monoisotopic (exact) mass is 256 g/mol. The van der Waals surface area contributed by atoms with Crippen LogP contribution in [0.15, 0.2) is 0 Å². The van der Waals surface area contributed by atoms with Crippen LogP contribution in [0.25, 0.3) is 0 Å². The molecule has 0 aromatic carbocycles. The first-order valence-corrected chi connectivity index (χ1v) is 6.86. The standard InChI is InChI=1S/C13H24N2O3/c1-3-9-6-5-7-10(8-9)14-13(18)15-11(4-2)12(16)17/h9-11H,3-8H2,1-2H3,(H,16,17)(H2,14,15,18)/t9?,10?,11-/m0/s1. The highest BCUT2D eigenvalue weighted by Gasteiger charge is 2.24. The number of rotatable bonds is 5. The van der Waals surface area contributed by atoms with Gasteiger partial charge in [0, 0.05) is 6.04 Å². The quantitative estimate of drug-likeness (QED) is 0.705. The van der Waals surface area contributed by atoms with Crippen molar-refractivity contribution >= 4 is 12.0 Å². The predicted octanol–water partition coefficient (Wildman–Crippen LogP) is 2.12. The third-order valence-electron chi connectivity index (χ3n) is 3.71. The van der Waals surface area contributed by atoms with Crippen molar-refractivity contribution in [3.8, 4) is 0 Å². The summed E-state index contributed by atoms with van der Waals surface area (Å²) in [4.78, 5) is 22.5. The summed E-state index contributed by atoms with van der Waals surface area (Å²) in [5.41, 5.74) is 0. The van der Waals surface area contributed by atoms with Crippen molar-refractivity contribution in [1.82, 2.24) is 10.6 Å². The normalized spacial score (nSPS) is 25.2. The molecule has 1 saturated carbocycles. The number of amides is 2. The van der Waals surface area contributed by atoms with Gasteiger partial charge in [-0.3, -0.25) is 0 Å². The molecule has 104 valence electrons. The zero-order chi connectivity index (χ0) is 13.5. The maximum atomic E-state index is 11.7. The van der Waals surface area contributed by atoms with Crippen LogP contribution in [0.4, 0.5) is 4.79 Å². The Morgan fingerprint density at radius 2 is 2.06 bits per heavy atom. The second kappa shape index (κ2) is 7.24. The minimum absolute atomic E-state index is 0.190. The number of hydrogen-bond acceptors (Lipinski definition) is 2. The summed E-state index contributed by atoms with van der Waals surface area (Å²) in [5.74, 6) is -0.298. The molecule has 0 saturated heterocycles. The topological polar surface area (TPSA) is 78.4 Å². The molecule has 1 aliphatic rings. The fraction of sp³-hybridized carbons (Fsp3) is 0.846. The molecule has 0 radical (unpaired) electrons. The highest BCUT2D eigenvalue weighted by molar-refractivity contribution is 5.82. The average Bonchev–Trinajstić information content (AvgIpc) is 2.35. The lowest BCUT2D eigenvalue weighted by molar-refractivity contribution is -0.139. The van der Waals surface area contributed by atoms with Crippen molar-refractivity contribution in [1.29, 1.82) is 0 Å². The molecule has 0 bridgehead atoms. The number of hydrogen-bond donors (Lipinski definition) is 3. The van der Waals surface area contributed by atoms with Crippen molar-refractivity contribution in [3.05, 3.63) is 0 Å². The Kier molecular flexibility index (Phi) is 5.95. The molecule has 2 amide bonds. The van der Waals surface area contributed by atoms with Crippen LogP contribution in [0.5, 0.6) is 0 Å². The highest BCUT2D eigenvalue weighted by Crippen LogP contribution is 2.26. The Morgan fingerprint density at radius 3 is 2.61 bits per heavy atom. The largest absolute Gasteiger partial charge is 0.480 e. The summed E-state index contributed by atoms with van der Waals surface area (Å²) in [6, 6.07) is -0.962. The molecule has 0 spiro atoms. The first kappa shape index (κ1) is 14.8. The first-order valence-electron chi connectivity index (χ1n) is 6.86. The van der Waals surface area contributed by atoms with E-state index >= 15 is 0 Å². The molecule has 2 unspecified atom stereocenters. The molecular weight excluding hydrogens is 232 g/mol. The summed E-state index contributed by atoms with van der Waals surface area (Å²) in [7, 11) is 0. The van der Waals surface area contributed by atoms with E-state index in [4.69, 9.17) is 5.11 Å². The van der Waals surface area contributed by atoms with Crippen molar-refractivity contribution < 1.29 is 14.7 Å². The number of carbonyl (C=O) groups is 2. The summed E-state index contributed by atoms with van der Waals surface area (Å²) in [6.45, 7) is 3.91. The summed E-state index contributed by atoms with van der Waals surface area (Å²) < 4.78 is 0. The third kappa shape index (κ3) is 4.55. The van der Waals surface area contributed by atoms with Gasteiger partial charge in [0.1, 0.15) is 6.04 Å². The lowest BCUT2D eigenvalue weighted by atomic mass is 9.84. The third-order valence-corrected chi connectivity index (χ3v) is 3.71. The van der Waals surface area contributed by atoms with Crippen LogP contribution in [0.3, 0.4) is 0 Å². The fourth-order valence-corrected chi connectivity index (χ4v) is 2.52. The summed E-state index contributed by atoms with van der Waals surface area (Å²) in [6.07, 6.45) is 5.92. The molecule has 0 aliphatic heterocycles. The zero-order valence-electron chi connectivity index (χ0n) is 11.2. The van der Waals surface area contributed by atoms with Gasteiger partial charge in [0.25, 0.3) is 0 Å². The van der Waals surface area contributed by atoms with Crippen molar-refractivity contribution in [2.75, 3.05) is 0 Å². The van der Waals surface area contributed by atoms with Crippen LogP contribution >= 0.6 is 0 Å². The Balaban J connectivity index is 2.37. The second-order valence-corrected chi connectivity index (χ2v) is 5.05. The Bertz CT molecular complexity index is 294. The molecular formula is C13H24N2O3. The molecule has 0 aromatic rings. The Hall–Kier alpha value is -1.26. The van der Waals surface area contributed by atoms with Crippen LogP contribution in [-0.2, 0) is 4.79 Å². The van der Waals surface area contributed by atoms with E-state index < -0.39 is 12.0 Å². The number of aliphatic carboxylic acids is 1. The number of urea groups is 1. The maximum Gasteiger partial charge on any atom is 0.326 e. The lowest BCUT2D eigenvalue weighted by Crippen LogP contribution is -2.49. The van der Waals surface area contributed by atoms with Gasteiger partial charge in [-0.05, 0) is 25.2 Å². The summed E-state index contributed by atoms with van der Waals surface area (Å²) in [5, 5.41) is 14.3. The number of carboxylic acids is 1. The van der Waals surface area contributed by atoms with Crippen LogP contribution in [-0.4, -0.2) is 29.2 Å². The van der Waals surface area contributed by atoms with E-state index in [1.807, 2.05) is 0 Å². The zero-order valence-corrected chi connectivity index (χ0v) is 11.2. The van der Waals surface area contributed by atoms with Gasteiger partial charge < -0.3 is 15.7 Å². The van der Waals surface area contributed by atoms with Gasteiger partial charge in [0.15, 0.2) is 0 Å². The van der Waals surface area contributed by atoms with E-state index in [2.05, 4.69) is 17.6 Å². The van der Waals surface area contributed by atoms with Gasteiger partial charge in [-0.15, -0.1) is 0 Å². The first-order chi connectivity index (χ1) is 8.56. The van der Waals surface area contributed by atoms with Crippen LogP contribution in [0, 0.1) is 5.92 Å². The SMILES string of the molecule is CCC1CCCC(NC(=O)N[C@@H](CC)C(=O)O)C1. The average molecular weight is 256 g/mol. The van der Waals surface area contributed by atoms with Gasteiger partial charge in [-0.2, -0.15) is 0 Å². The number of carboxylic acid groups (broad SMARTS) is 1. The van der Waals surface area contributed by atoms with E-state index in [0.29, 0.717) is 12.3 Å². The van der Waals surface area contributed by atoms with E-state index in [0.717, 1.165) is 25.7 Å². The summed E-state index contributed by atoms with van der Waals surface area (Å²) >= 11 is 0. The lowest BCUT2D eigenvalue weighted by Gasteiger charge is -2.29. The predicted molar refractivity (Wildman–Crippen MR) is 69.4 cm³/mol. The molecule has 1 fully saturated rings. The van der Waals surface area contributed by atoms with Gasteiger partial charge in [0.2, 0.25) is 0 Å². The van der Waals surface area contributed by atoms with E-state index in [9.17, 15) is 9.59 Å². The van der Waals surface area contributed by atoms with Gasteiger partial charge in [0.05, 0.1) is 0 Å². The molecule has 18 heavy (non-hydrogen) atoms. The van der Waals surface area contributed by atoms with Gasteiger partial charge >= 0.3 is 12.0 Å². The van der Waals surface area contributed by atoms with Crippen LogP contribution < -0.4 is 10.6 Å². The maximum absolute atomic E-state index is 11.7. The van der Waals surface area contributed by atoms with E-state index in [-0.39, 0.29) is 12.1 Å². The number of nitrogens with one attached hydrogen (secondary N) is 2. The highest BCUT2D eigenvalue weighted by atomic mass is 16.4. The molecule has 0 aromatic heterocycles. The molecule has 5 nitrogen and oxygen atoms in total. The molecule has 5 heteroatoms. The minimum atomic E-state index is -0.984.